The van der Waals surface area contributed by atoms with Crippen molar-refractivity contribution in [2.75, 3.05) is 37.8 Å². The van der Waals surface area contributed by atoms with E-state index in [1.807, 2.05) is 18.2 Å². The Hall–Kier alpha value is -3.21. The number of hydrogen-bond donors (Lipinski definition) is 2. The summed E-state index contributed by atoms with van der Waals surface area (Å²) in [6.07, 6.45) is 4.68. The van der Waals surface area contributed by atoms with Gasteiger partial charge in [0.25, 0.3) is 0 Å². The minimum atomic E-state index is -0.454. The zero-order chi connectivity index (χ0) is 21.5. The predicted octanol–water partition coefficient (Wildman–Crippen LogP) is 1.82. The summed E-state index contributed by atoms with van der Waals surface area (Å²) >= 11 is 0. The molecule has 0 aromatic carbocycles. The Morgan fingerprint density at radius 1 is 1.16 bits per heavy atom. The molecule has 0 amide bonds. The summed E-state index contributed by atoms with van der Waals surface area (Å²) in [6, 6.07) is 7.65. The number of furan rings is 1. The number of imidazole rings is 1. The van der Waals surface area contributed by atoms with Crippen molar-refractivity contribution in [3.8, 4) is 17.3 Å². The van der Waals surface area contributed by atoms with Crippen LogP contribution in [0.5, 0.6) is 5.88 Å². The molecule has 1 unspecified atom stereocenters. The van der Waals surface area contributed by atoms with Crippen molar-refractivity contribution in [1.82, 2.24) is 24.9 Å². The van der Waals surface area contributed by atoms with Crippen LogP contribution in [0.2, 0.25) is 0 Å². The molecule has 0 saturated carbocycles. The summed E-state index contributed by atoms with van der Waals surface area (Å²) in [6.45, 7) is 3.43. The second kappa shape index (κ2) is 8.05. The molecule has 4 aromatic heterocycles. The van der Waals surface area contributed by atoms with E-state index in [4.69, 9.17) is 13.9 Å². The molecular weight excluding hydrogens is 412 g/mol. The van der Waals surface area contributed by atoms with Gasteiger partial charge in [-0.15, -0.1) is 5.10 Å². The third kappa shape index (κ3) is 3.56. The molecular formula is C22H24N6O4. The Balaban J connectivity index is 1.31. The van der Waals surface area contributed by atoms with Crippen LogP contribution in [0.15, 0.2) is 41.1 Å². The smallest absolute Gasteiger partial charge is 0.231 e. The van der Waals surface area contributed by atoms with Crippen molar-refractivity contribution in [2.45, 2.75) is 25.1 Å². The molecule has 2 saturated heterocycles. The first-order chi connectivity index (χ1) is 15.7. The van der Waals surface area contributed by atoms with Gasteiger partial charge in [-0.05, 0) is 31.0 Å². The first-order valence-corrected chi connectivity index (χ1v) is 10.9. The van der Waals surface area contributed by atoms with Crippen molar-refractivity contribution in [3.05, 3.63) is 36.7 Å². The maximum atomic E-state index is 9.62. The molecule has 10 heteroatoms. The van der Waals surface area contributed by atoms with E-state index in [1.165, 1.54) is 0 Å². The fourth-order valence-corrected chi connectivity index (χ4v) is 4.32. The number of rotatable bonds is 5. The number of aromatic nitrogens is 4. The number of fused-ring (bicyclic) bond motifs is 2. The number of aliphatic hydroxyl groups is 1. The Kier molecular flexibility index (Phi) is 4.90. The average molecular weight is 436 g/mol. The van der Waals surface area contributed by atoms with Crippen LogP contribution < -0.4 is 15.0 Å². The molecule has 2 aliphatic heterocycles. The molecule has 6 rings (SSSR count). The minimum absolute atomic E-state index is 0.117. The van der Waals surface area contributed by atoms with Crippen molar-refractivity contribution in [1.29, 1.82) is 0 Å². The maximum Gasteiger partial charge on any atom is 0.231 e. The first-order valence-electron chi connectivity index (χ1n) is 10.9. The Morgan fingerprint density at radius 2 is 2.06 bits per heavy atom. The van der Waals surface area contributed by atoms with Crippen molar-refractivity contribution < 1.29 is 19.0 Å². The highest BCUT2D eigenvalue weighted by Crippen LogP contribution is 2.33. The van der Waals surface area contributed by atoms with Gasteiger partial charge in [0.1, 0.15) is 29.9 Å². The molecule has 2 N–H and O–H groups in total. The molecule has 0 bridgehead atoms. The van der Waals surface area contributed by atoms with Crippen LogP contribution >= 0.6 is 0 Å². The molecule has 10 nitrogen and oxygen atoms in total. The second-order valence-corrected chi connectivity index (χ2v) is 8.11. The van der Waals surface area contributed by atoms with Crippen LogP contribution in [0, 0.1) is 0 Å². The van der Waals surface area contributed by atoms with E-state index in [0.717, 1.165) is 48.4 Å². The molecule has 166 valence electrons. The number of anilines is 1. The minimum Gasteiger partial charge on any atom is -0.475 e. The molecule has 0 radical (unpaired) electrons. The molecule has 6 heterocycles. The largest absolute Gasteiger partial charge is 0.475 e. The van der Waals surface area contributed by atoms with Gasteiger partial charge in [-0.2, -0.15) is 0 Å². The monoisotopic (exact) mass is 436 g/mol. The highest BCUT2D eigenvalue weighted by atomic mass is 16.5. The van der Waals surface area contributed by atoms with E-state index < -0.39 is 6.23 Å². The number of nitrogens with zero attached hydrogens (tertiary/aromatic N) is 5. The number of ether oxygens (including phenoxy) is 2. The van der Waals surface area contributed by atoms with Gasteiger partial charge in [0, 0.05) is 31.4 Å². The highest BCUT2D eigenvalue weighted by Gasteiger charge is 2.23. The third-order valence-electron chi connectivity index (χ3n) is 5.97. The Labute approximate surface area is 183 Å². The van der Waals surface area contributed by atoms with Gasteiger partial charge in [0.05, 0.1) is 24.8 Å². The summed E-state index contributed by atoms with van der Waals surface area (Å²) in [5, 5.41) is 18.3. The van der Waals surface area contributed by atoms with Crippen LogP contribution in [0.25, 0.3) is 28.1 Å². The first kappa shape index (κ1) is 19.5. The van der Waals surface area contributed by atoms with E-state index in [-0.39, 0.29) is 6.04 Å². The number of hydrogen-bond acceptors (Lipinski definition) is 9. The van der Waals surface area contributed by atoms with Crippen LogP contribution in [-0.4, -0.2) is 69.9 Å². The molecule has 2 fully saturated rings. The summed E-state index contributed by atoms with van der Waals surface area (Å²) in [4.78, 5) is 11.3. The third-order valence-corrected chi connectivity index (χ3v) is 5.97. The number of aliphatic hydroxyl groups excluding tert-OH is 1. The molecule has 32 heavy (non-hydrogen) atoms. The van der Waals surface area contributed by atoms with E-state index in [0.29, 0.717) is 37.1 Å². The lowest BCUT2D eigenvalue weighted by Crippen LogP contribution is -2.36. The quantitative estimate of drug-likeness (QED) is 0.484. The number of pyridine rings is 1. The van der Waals surface area contributed by atoms with Gasteiger partial charge in [-0.1, -0.05) is 0 Å². The molecule has 0 spiro atoms. The van der Waals surface area contributed by atoms with Crippen LogP contribution in [0.3, 0.4) is 0 Å². The Bertz CT molecular complexity index is 1250. The summed E-state index contributed by atoms with van der Waals surface area (Å²) in [7, 11) is 0. The summed E-state index contributed by atoms with van der Waals surface area (Å²) in [5.41, 5.74) is 2.21. The van der Waals surface area contributed by atoms with E-state index in [2.05, 4.69) is 25.3 Å². The van der Waals surface area contributed by atoms with E-state index >= 15 is 0 Å². The lowest BCUT2D eigenvalue weighted by Gasteiger charge is -2.28. The van der Waals surface area contributed by atoms with Gasteiger partial charge >= 0.3 is 0 Å². The van der Waals surface area contributed by atoms with Crippen molar-refractivity contribution >= 4 is 22.4 Å². The summed E-state index contributed by atoms with van der Waals surface area (Å²) in [5.74, 6) is 2.06. The molecule has 4 aromatic rings. The zero-order valence-corrected chi connectivity index (χ0v) is 17.5. The van der Waals surface area contributed by atoms with Crippen LogP contribution in [0.1, 0.15) is 12.8 Å². The van der Waals surface area contributed by atoms with Gasteiger partial charge in [0.2, 0.25) is 5.88 Å². The van der Waals surface area contributed by atoms with E-state index in [9.17, 15) is 5.11 Å². The number of morpholine rings is 1. The zero-order valence-electron chi connectivity index (χ0n) is 17.5. The normalized spacial score (nSPS) is 21.6. The fraction of sp³-hybridized carbons (Fsp3) is 0.409. The van der Waals surface area contributed by atoms with Gasteiger partial charge in [0.15, 0.2) is 11.4 Å². The molecule has 2 atom stereocenters. The topological polar surface area (TPSA) is 110 Å². The molecule has 0 aliphatic carbocycles. The SMILES string of the molecule is OC1CC[C@H](COc2ccc3ncc(-c4cc5c(N6CCOCC6)nccc5o4)n3n2)N1. The van der Waals surface area contributed by atoms with E-state index in [1.54, 1.807) is 23.0 Å². The number of nitrogens with one attached hydrogen (secondary N) is 1. The van der Waals surface area contributed by atoms with Gasteiger partial charge in [-0.3, -0.25) is 5.32 Å². The van der Waals surface area contributed by atoms with Crippen LogP contribution in [0.4, 0.5) is 5.82 Å². The van der Waals surface area contributed by atoms with Crippen molar-refractivity contribution in [3.63, 3.8) is 0 Å². The predicted molar refractivity (Wildman–Crippen MR) is 117 cm³/mol. The second-order valence-electron chi connectivity index (χ2n) is 8.11. The van der Waals surface area contributed by atoms with Crippen LogP contribution in [-0.2, 0) is 4.74 Å². The van der Waals surface area contributed by atoms with Gasteiger partial charge < -0.3 is 23.9 Å². The standard InChI is InChI=1S/C22H24N6O4/c29-20-3-1-14(25-20)13-31-21-4-2-19-24-12-16(28(19)26-21)18-11-15-17(32-18)5-6-23-22(15)27-7-9-30-10-8-27/h2,4-6,11-12,14,20,25,29H,1,3,7-10,13H2/t14-,20?/m1/s1. The fourth-order valence-electron chi connectivity index (χ4n) is 4.32. The Morgan fingerprint density at radius 3 is 2.91 bits per heavy atom. The average Bonchev–Trinajstić information content (AvgIpc) is 3.55. The molecule has 2 aliphatic rings. The lowest BCUT2D eigenvalue weighted by molar-refractivity contribution is 0.122. The lowest BCUT2D eigenvalue weighted by atomic mass is 10.2. The van der Waals surface area contributed by atoms with Crippen molar-refractivity contribution in [2.24, 2.45) is 0 Å². The van der Waals surface area contributed by atoms with Gasteiger partial charge in [-0.25, -0.2) is 14.5 Å². The maximum absolute atomic E-state index is 9.62. The summed E-state index contributed by atoms with van der Waals surface area (Å²) < 4.78 is 19.2. The highest BCUT2D eigenvalue weighted by molar-refractivity contribution is 5.92.